The molecule has 1 saturated heterocycles. The first-order chi connectivity index (χ1) is 10.1. The van der Waals surface area contributed by atoms with Gasteiger partial charge in [0.1, 0.15) is 0 Å². The summed E-state index contributed by atoms with van der Waals surface area (Å²) in [6, 6.07) is 8.04. The quantitative estimate of drug-likeness (QED) is 0.897. The average molecular weight is 307 g/mol. The van der Waals surface area contributed by atoms with Crippen molar-refractivity contribution in [3.8, 4) is 0 Å². The Morgan fingerprint density at radius 1 is 1.29 bits per heavy atom. The molecule has 114 valence electrons. The van der Waals surface area contributed by atoms with E-state index >= 15 is 0 Å². The molecule has 3 atom stereocenters. The molecule has 0 radical (unpaired) electrons. The molecule has 0 aromatic heterocycles. The molecule has 4 heteroatoms. The monoisotopic (exact) mass is 306 g/mol. The van der Waals surface area contributed by atoms with E-state index in [1.807, 2.05) is 24.3 Å². The third-order valence-corrected chi connectivity index (χ3v) is 5.09. The Hall–Kier alpha value is -1.06. The number of amides is 1. The van der Waals surface area contributed by atoms with Crippen LogP contribution in [0.15, 0.2) is 24.3 Å². The molecule has 1 aliphatic heterocycles. The SMILES string of the molecule is C[C@@H]1C[C@H]1[C@@H](NC(=O)C1CCNCC1)c1ccc(Cl)cc1. The fourth-order valence-corrected chi connectivity index (χ4v) is 3.40. The second kappa shape index (κ2) is 6.37. The van der Waals surface area contributed by atoms with E-state index in [9.17, 15) is 4.79 Å². The molecule has 1 aromatic rings. The van der Waals surface area contributed by atoms with E-state index in [1.165, 1.54) is 12.0 Å². The fourth-order valence-electron chi connectivity index (χ4n) is 3.28. The number of nitrogens with one attached hydrogen (secondary N) is 2. The summed E-state index contributed by atoms with van der Waals surface area (Å²) in [6.45, 7) is 4.15. The van der Waals surface area contributed by atoms with Gasteiger partial charge in [-0.15, -0.1) is 0 Å². The normalized spacial score (nSPS) is 27.1. The van der Waals surface area contributed by atoms with Crippen molar-refractivity contribution in [2.75, 3.05) is 13.1 Å². The minimum Gasteiger partial charge on any atom is -0.349 e. The summed E-state index contributed by atoms with van der Waals surface area (Å²) >= 11 is 5.97. The maximum Gasteiger partial charge on any atom is 0.223 e. The zero-order chi connectivity index (χ0) is 14.8. The van der Waals surface area contributed by atoms with Gasteiger partial charge < -0.3 is 10.6 Å². The lowest BCUT2D eigenvalue weighted by Crippen LogP contribution is -2.40. The smallest absolute Gasteiger partial charge is 0.223 e. The Labute approximate surface area is 131 Å². The highest BCUT2D eigenvalue weighted by Gasteiger charge is 2.41. The van der Waals surface area contributed by atoms with Crippen molar-refractivity contribution >= 4 is 17.5 Å². The first-order valence-electron chi connectivity index (χ1n) is 7.91. The van der Waals surface area contributed by atoms with E-state index in [0.717, 1.165) is 31.0 Å². The van der Waals surface area contributed by atoms with Crippen LogP contribution in [-0.4, -0.2) is 19.0 Å². The van der Waals surface area contributed by atoms with Gasteiger partial charge in [-0.1, -0.05) is 30.7 Å². The molecule has 21 heavy (non-hydrogen) atoms. The van der Waals surface area contributed by atoms with E-state index in [2.05, 4.69) is 17.6 Å². The summed E-state index contributed by atoms with van der Waals surface area (Å²) in [5.74, 6) is 1.64. The molecule has 1 amide bonds. The lowest BCUT2D eigenvalue weighted by Gasteiger charge is -2.26. The molecule has 3 nitrogen and oxygen atoms in total. The van der Waals surface area contributed by atoms with Crippen LogP contribution in [0.2, 0.25) is 5.02 Å². The predicted molar refractivity (Wildman–Crippen MR) is 85.2 cm³/mol. The van der Waals surface area contributed by atoms with Crippen LogP contribution in [0.4, 0.5) is 0 Å². The van der Waals surface area contributed by atoms with E-state index < -0.39 is 0 Å². The van der Waals surface area contributed by atoms with Crippen LogP contribution in [0.3, 0.4) is 0 Å². The number of rotatable bonds is 4. The van der Waals surface area contributed by atoms with Crippen molar-refractivity contribution < 1.29 is 4.79 Å². The van der Waals surface area contributed by atoms with Crippen molar-refractivity contribution in [1.82, 2.24) is 10.6 Å². The summed E-state index contributed by atoms with van der Waals surface area (Å²) in [7, 11) is 0. The number of hydrogen-bond acceptors (Lipinski definition) is 2. The van der Waals surface area contributed by atoms with E-state index in [1.54, 1.807) is 0 Å². The Balaban J connectivity index is 1.70. The number of halogens is 1. The lowest BCUT2D eigenvalue weighted by molar-refractivity contribution is -0.126. The van der Waals surface area contributed by atoms with Crippen molar-refractivity contribution in [3.63, 3.8) is 0 Å². The summed E-state index contributed by atoms with van der Waals surface area (Å²) in [5.41, 5.74) is 1.18. The van der Waals surface area contributed by atoms with Gasteiger partial charge in [0.05, 0.1) is 6.04 Å². The number of hydrogen-bond donors (Lipinski definition) is 2. The maximum absolute atomic E-state index is 12.5. The van der Waals surface area contributed by atoms with Crippen molar-refractivity contribution in [2.45, 2.75) is 32.2 Å². The molecule has 1 aromatic carbocycles. The molecule has 2 fully saturated rings. The molecule has 1 heterocycles. The van der Waals surface area contributed by atoms with Gasteiger partial charge in [0.15, 0.2) is 0 Å². The lowest BCUT2D eigenvalue weighted by atomic mass is 9.95. The van der Waals surface area contributed by atoms with Crippen LogP contribution in [0.1, 0.15) is 37.8 Å². The van der Waals surface area contributed by atoms with Gasteiger partial charge in [-0.05, 0) is 61.9 Å². The third kappa shape index (κ3) is 3.58. The number of carbonyl (C=O) groups is 1. The van der Waals surface area contributed by atoms with Crippen LogP contribution in [0.25, 0.3) is 0 Å². The summed E-state index contributed by atoms with van der Waals surface area (Å²) < 4.78 is 0. The van der Waals surface area contributed by atoms with Crippen LogP contribution < -0.4 is 10.6 Å². The van der Waals surface area contributed by atoms with Gasteiger partial charge in [0, 0.05) is 10.9 Å². The van der Waals surface area contributed by atoms with Gasteiger partial charge in [0.2, 0.25) is 5.91 Å². The van der Waals surface area contributed by atoms with Crippen molar-refractivity contribution in [3.05, 3.63) is 34.9 Å². The van der Waals surface area contributed by atoms with Gasteiger partial charge in [-0.25, -0.2) is 0 Å². The summed E-state index contributed by atoms with van der Waals surface area (Å²) in [5, 5.41) is 7.36. The van der Waals surface area contributed by atoms with Crippen LogP contribution in [0.5, 0.6) is 0 Å². The Kier molecular flexibility index (Phi) is 4.51. The Morgan fingerprint density at radius 2 is 1.90 bits per heavy atom. The molecule has 3 rings (SSSR count). The Bertz CT molecular complexity index is 496. The first-order valence-corrected chi connectivity index (χ1v) is 8.29. The molecule has 1 saturated carbocycles. The second-order valence-corrected chi connectivity index (χ2v) is 6.88. The van der Waals surface area contributed by atoms with E-state index in [0.29, 0.717) is 11.8 Å². The predicted octanol–water partition coefficient (Wildman–Crippen LogP) is 3.15. The fraction of sp³-hybridized carbons (Fsp3) is 0.588. The highest BCUT2D eigenvalue weighted by atomic mass is 35.5. The highest BCUT2D eigenvalue weighted by Crippen LogP contribution is 2.47. The van der Waals surface area contributed by atoms with Gasteiger partial charge in [-0.2, -0.15) is 0 Å². The molecular weight excluding hydrogens is 284 g/mol. The van der Waals surface area contributed by atoms with Crippen molar-refractivity contribution in [1.29, 1.82) is 0 Å². The summed E-state index contributed by atoms with van der Waals surface area (Å²) in [4.78, 5) is 12.5. The first kappa shape index (κ1) is 14.9. The maximum atomic E-state index is 12.5. The van der Waals surface area contributed by atoms with Crippen LogP contribution in [-0.2, 0) is 4.79 Å². The zero-order valence-electron chi connectivity index (χ0n) is 12.4. The standard InChI is InChI=1S/C17H23ClN2O/c1-11-10-15(11)16(12-2-4-14(18)5-3-12)20-17(21)13-6-8-19-9-7-13/h2-5,11,13,15-16,19H,6-10H2,1H3,(H,20,21)/t11-,15-,16+/m1/s1. The molecule has 2 N–H and O–H groups in total. The van der Waals surface area contributed by atoms with E-state index in [4.69, 9.17) is 11.6 Å². The average Bonchev–Trinajstić information content (AvgIpc) is 3.23. The number of benzene rings is 1. The number of piperidine rings is 1. The largest absolute Gasteiger partial charge is 0.349 e. The number of carbonyl (C=O) groups excluding carboxylic acids is 1. The van der Waals surface area contributed by atoms with Gasteiger partial charge >= 0.3 is 0 Å². The topological polar surface area (TPSA) is 41.1 Å². The van der Waals surface area contributed by atoms with Crippen molar-refractivity contribution in [2.24, 2.45) is 17.8 Å². The van der Waals surface area contributed by atoms with Gasteiger partial charge in [-0.3, -0.25) is 4.79 Å². The molecular formula is C17H23ClN2O. The summed E-state index contributed by atoms with van der Waals surface area (Å²) in [6.07, 6.45) is 3.08. The van der Waals surface area contributed by atoms with Gasteiger partial charge in [0.25, 0.3) is 0 Å². The molecule has 0 unspecified atom stereocenters. The van der Waals surface area contributed by atoms with E-state index in [-0.39, 0.29) is 17.9 Å². The van der Waals surface area contributed by atoms with Crippen LogP contribution in [0, 0.1) is 17.8 Å². The third-order valence-electron chi connectivity index (χ3n) is 4.84. The molecule has 1 aliphatic carbocycles. The minimum atomic E-state index is 0.139. The van der Waals surface area contributed by atoms with Crippen LogP contribution >= 0.6 is 11.6 Å². The zero-order valence-corrected chi connectivity index (χ0v) is 13.2. The molecule has 0 spiro atoms. The Morgan fingerprint density at radius 3 is 2.48 bits per heavy atom. The molecule has 2 aliphatic rings. The minimum absolute atomic E-state index is 0.139. The highest BCUT2D eigenvalue weighted by molar-refractivity contribution is 6.30. The molecule has 0 bridgehead atoms. The second-order valence-electron chi connectivity index (χ2n) is 6.44.